The van der Waals surface area contributed by atoms with E-state index in [1.807, 2.05) is 30.3 Å². The molecule has 6 nitrogen and oxygen atoms in total. The SMILES string of the molecule is O=C(OCc1ccccc1)N1CCCC1c1nc2ccc(-c3ccc4[nH]c5ccccc5c4c3)cc2[nH]1. The molecule has 2 aromatic heterocycles. The molecule has 1 amide bonds. The number of carbonyl (C=O) groups excluding carboxylic acids is 1. The predicted molar refractivity (Wildman–Crippen MR) is 146 cm³/mol. The molecule has 1 fully saturated rings. The van der Waals surface area contributed by atoms with Gasteiger partial charge in [0.05, 0.1) is 17.1 Å². The highest BCUT2D eigenvalue weighted by atomic mass is 16.6. The summed E-state index contributed by atoms with van der Waals surface area (Å²) in [5.74, 6) is 0.813. The zero-order valence-electron chi connectivity index (χ0n) is 20.3. The maximum atomic E-state index is 12.9. The molecule has 37 heavy (non-hydrogen) atoms. The summed E-state index contributed by atoms with van der Waals surface area (Å²) in [6, 6.07) is 30.9. The third kappa shape index (κ3) is 3.91. The highest BCUT2D eigenvalue weighted by Gasteiger charge is 2.33. The molecule has 1 atom stereocenters. The summed E-state index contributed by atoms with van der Waals surface area (Å²) < 4.78 is 5.62. The van der Waals surface area contributed by atoms with E-state index in [9.17, 15) is 4.79 Å². The Labute approximate surface area is 213 Å². The number of benzene rings is 4. The number of H-pyrrole nitrogens is 2. The molecule has 4 aromatic carbocycles. The van der Waals surface area contributed by atoms with Crippen molar-refractivity contribution < 1.29 is 9.53 Å². The van der Waals surface area contributed by atoms with Crippen molar-refractivity contribution in [3.05, 3.63) is 102 Å². The Morgan fingerprint density at radius 3 is 2.54 bits per heavy atom. The second kappa shape index (κ2) is 8.82. The molecule has 6 aromatic rings. The van der Waals surface area contributed by atoms with Gasteiger partial charge in [-0.3, -0.25) is 4.90 Å². The van der Waals surface area contributed by atoms with Gasteiger partial charge in [0.1, 0.15) is 12.4 Å². The first kappa shape index (κ1) is 21.7. The number of rotatable bonds is 4. The number of para-hydroxylation sites is 1. The van der Waals surface area contributed by atoms with Gasteiger partial charge in [-0.2, -0.15) is 0 Å². The van der Waals surface area contributed by atoms with E-state index in [0.29, 0.717) is 6.54 Å². The number of fused-ring (bicyclic) bond motifs is 4. The van der Waals surface area contributed by atoms with Crippen LogP contribution in [0.3, 0.4) is 0 Å². The number of amides is 1. The van der Waals surface area contributed by atoms with Gasteiger partial charge >= 0.3 is 6.09 Å². The summed E-state index contributed by atoms with van der Waals surface area (Å²) in [4.78, 5) is 26.5. The smallest absolute Gasteiger partial charge is 0.410 e. The number of ether oxygens (including phenoxy) is 1. The van der Waals surface area contributed by atoms with Gasteiger partial charge in [-0.15, -0.1) is 0 Å². The summed E-state index contributed by atoms with van der Waals surface area (Å²) in [7, 11) is 0. The van der Waals surface area contributed by atoms with E-state index in [0.717, 1.165) is 57.4 Å². The van der Waals surface area contributed by atoms with Crippen molar-refractivity contribution in [1.29, 1.82) is 0 Å². The van der Waals surface area contributed by atoms with Crippen molar-refractivity contribution in [2.75, 3.05) is 6.54 Å². The fourth-order valence-corrected chi connectivity index (χ4v) is 5.47. The Morgan fingerprint density at radius 1 is 0.838 bits per heavy atom. The third-order valence-electron chi connectivity index (χ3n) is 7.35. The van der Waals surface area contributed by atoms with Crippen molar-refractivity contribution in [3.8, 4) is 11.1 Å². The molecule has 1 aliphatic heterocycles. The van der Waals surface area contributed by atoms with Gasteiger partial charge in [0, 0.05) is 28.4 Å². The van der Waals surface area contributed by atoms with Crippen LogP contribution < -0.4 is 0 Å². The van der Waals surface area contributed by atoms with Crippen LogP contribution in [-0.2, 0) is 11.3 Å². The Hall–Kier alpha value is -4.58. The molecule has 0 bridgehead atoms. The monoisotopic (exact) mass is 486 g/mol. The Bertz CT molecular complexity index is 1750. The van der Waals surface area contributed by atoms with E-state index in [2.05, 4.69) is 70.6 Å². The topological polar surface area (TPSA) is 74.0 Å². The van der Waals surface area contributed by atoms with E-state index in [1.165, 1.54) is 10.8 Å². The number of carbonyl (C=O) groups is 1. The number of imidazole rings is 1. The fraction of sp³-hybridized carbons (Fsp3) is 0.161. The highest BCUT2D eigenvalue weighted by molar-refractivity contribution is 6.08. The van der Waals surface area contributed by atoms with Crippen molar-refractivity contribution in [1.82, 2.24) is 19.9 Å². The molecule has 0 radical (unpaired) electrons. The highest BCUT2D eigenvalue weighted by Crippen LogP contribution is 2.34. The molecular weight excluding hydrogens is 460 g/mol. The summed E-state index contributed by atoms with van der Waals surface area (Å²) >= 11 is 0. The van der Waals surface area contributed by atoms with Crippen LogP contribution in [0.2, 0.25) is 0 Å². The summed E-state index contributed by atoms with van der Waals surface area (Å²) in [6.45, 7) is 0.943. The van der Waals surface area contributed by atoms with Crippen LogP contribution in [0.5, 0.6) is 0 Å². The standard InChI is InChI=1S/C31H26N4O2/c36-31(37-19-20-7-2-1-3-8-20)35-16-6-11-29(35)30-33-27-15-13-22(18-28(27)34-30)21-12-14-26-24(17-21)23-9-4-5-10-25(23)32-26/h1-5,7-10,12-15,17-18,29,32H,6,11,16,19H2,(H,33,34). The predicted octanol–water partition coefficient (Wildman–Crippen LogP) is 7.34. The average molecular weight is 487 g/mol. The number of nitrogens with one attached hydrogen (secondary N) is 2. The number of likely N-dealkylation sites (tertiary alicyclic amines) is 1. The van der Waals surface area contributed by atoms with Gasteiger partial charge in [0.25, 0.3) is 0 Å². The minimum atomic E-state index is -0.292. The fourth-order valence-electron chi connectivity index (χ4n) is 5.47. The van der Waals surface area contributed by atoms with Crippen LogP contribution in [0.15, 0.2) is 91.0 Å². The first-order valence-electron chi connectivity index (χ1n) is 12.7. The molecule has 1 aliphatic rings. The van der Waals surface area contributed by atoms with Crippen LogP contribution in [0.25, 0.3) is 44.0 Å². The quantitative estimate of drug-likeness (QED) is 0.274. The number of aromatic nitrogens is 3. The number of hydrogen-bond donors (Lipinski definition) is 2. The largest absolute Gasteiger partial charge is 0.445 e. The number of hydrogen-bond acceptors (Lipinski definition) is 3. The van der Waals surface area contributed by atoms with Crippen LogP contribution in [0.4, 0.5) is 4.79 Å². The number of aromatic amines is 2. The zero-order chi connectivity index (χ0) is 24.8. The lowest BCUT2D eigenvalue weighted by Crippen LogP contribution is -2.31. The van der Waals surface area contributed by atoms with Gasteiger partial charge in [-0.05, 0) is 59.9 Å². The Balaban J connectivity index is 1.16. The van der Waals surface area contributed by atoms with E-state index in [-0.39, 0.29) is 18.7 Å². The van der Waals surface area contributed by atoms with Crippen molar-refractivity contribution in [2.24, 2.45) is 0 Å². The van der Waals surface area contributed by atoms with Crippen molar-refractivity contribution in [2.45, 2.75) is 25.5 Å². The van der Waals surface area contributed by atoms with Crippen LogP contribution in [0, 0.1) is 0 Å². The van der Waals surface area contributed by atoms with E-state index < -0.39 is 0 Å². The Morgan fingerprint density at radius 2 is 1.62 bits per heavy atom. The summed E-state index contributed by atoms with van der Waals surface area (Å²) in [6.07, 6.45) is 1.50. The molecule has 6 heteroatoms. The average Bonchev–Trinajstić information content (AvgIpc) is 3.68. The molecule has 3 heterocycles. The normalized spacial score (nSPS) is 15.7. The maximum absolute atomic E-state index is 12.9. The molecule has 0 aliphatic carbocycles. The van der Waals surface area contributed by atoms with Gasteiger partial charge in [-0.1, -0.05) is 60.7 Å². The lowest BCUT2D eigenvalue weighted by atomic mass is 10.0. The van der Waals surface area contributed by atoms with E-state index in [1.54, 1.807) is 4.90 Å². The second-order valence-electron chi connectivity index (χ2n) is 9.68. The van der Waals surface area contributed by atoms with Gasteiger partial charge in [0.2, 0.25) is 0 Å². The molecule has 0 spiro atoms. The number of nitrogens with zero attached hydrogens (tertiary/aromatic N) is 2. The van der Waals surface area contributed by atoms with Crippen molar-refractivity contribution >= 4 is 38.9 Å². The van der Waals surface area contributed by atoms with E-state index >= 15 is 0 Å². The minimum absolute atomic E-state index is 0.110. The summed E-state index contributed by atoms with van der Waals surface area (Å²) in [5.41, 5.74) is 7.41. The van der Waals surface area contributed by atoms with Crippen LogP contribution in [0.1, 0.15) is 30.3 Å². The van der Waals surface area contributed by atoms with Gasteiger partial charge in [-0.25, -0.2) is 9.78 Å². The first-order chi connectivity index (χ1) is 18.2. The maximum Gasteiger partial charge on any atom is 0.410 e. The Kier molecular flexibility index (Phi) is 5.17. The zero-order valence-corrected chi connectivity index (χ0v) is 20.3. The molecule has 1 saturated heterocycles. The molecular formula is C31H26N4O2. The lowest BCUT2D eigenvalue weighted by molar-refractivity contribution is 0.0910. The lowest BCUT2D eigenvalue weighted by Gasteiger charge is -2.22. The molecule has 1 unspecified atom stereocenters. The second-order valence-corrected chi connectivity index (χ2v) is 9.68. The minimum Gasteiger partial charge on any atom is -0.445 e. The first-order valence-corrected chi connectivity index (χ1v) is 12.7. The van der Waals surface area contributed by atoms with E-state index in [4.69, 9.17) is 9.72 Å². The van der Waals surface area contributed by atoms with Crippen molar-refractivity contribution in [3.63, 3.8) is 0 Å². The van der Waals surface area contributed by atoms with Crippen LogP contribution in [-0.4, -0.2) is 32.5 Å². The molecule has 2 N–H and O–H groups in total. The molecule has 182 valence electrons. The molecule has 0 saturated carbocycles. The summed E-state index contributed by atoms with van der Waals surface area (Å²) in [5, 5.41) is 2.44. The van der Waals surface area contributed by atoms with Gasteiger partial charge in [0.15, 0.2) is 0 Å². The van der Waals surface area contributed by atoms with Crippen LogP contribution >= 0.6 is 0 Å². The molecule has 7 rings (SSSR count). The van der Waals surface area contributed by atoms with Gasteiger partial charge < -0.3 is 14.7 Å². The third-order valence-corrected chi connectivity index (χ3v) is 7.35.